The van der Waals surface area contributed by atoms with Crippen LogP contribution in [-0.4, -0.2) is 44.2 Å². The Morgan fingerprint density at radius 2 is 2.04 bits per heavy atom. The minimum absolute atomic E-state index is 0.120. The first kappa shape index (κ1) is 16.0. The van der Waals surface area contributed by atoms with E-state index in [0.29, 0.717) is 19.7 Å². The SMILES string of the molecule is COc1cccc2c1CN(CC(=O)N1CCOc3ccccc31)CC2. The molecule has 4 rings (SSSR count). The zero-order valence-corrected chi connectivity index (χ0v) is 14.4. The molecule has 130 valence electrons. The third kappa shape index (κ3) is 3.07. The molecule has 0 saturated carbocycles. The second kappa shape index (κ2) is 6.76. The molecule has 1 amide bonds. The first-order valence-corrected chi connectivity index (χ1v) is 8.65. The highest BCUT2D eigenvalue weighted by Gasteiger charge is 2.27. The lowest BCUT2D eigenvalue weighted by atomic mass is 9.99. The molecule has 0 N–H and O–H groups in total. The smallest absolute Gasteiger partial charge is 0.241 e. The van der Waals surface area contributed by atoms with Crippen LogP contribution in [0.25, 0.3) is 0 Å². The van der Waals surface area contributed by atoms with Crippen LogP contribution in [0.1, 0.15) is 11.1 Å². The van der Waals surface area contributed by atoms with E-state index in [2.05, 4.69) is 11.0 Å². The van der Waals surface area contributed by atoms with Crippen LogP contribution in [0.2, 0.25) is 0 Å². The van der Waals surface area contributed by atoms with E-state index in [1.807, 2.05) is 41.3 Å². The first-order valence-electron chi connectivity index (χ1n) is 8.65. The zero-order valence-electron chi connectivity index (χ0n) is 14.4. The summed E-state index contributed by atoms with van der Waals surface area (Å²) in [5.41, 5.74) is 3.39. The molecule has 0 bridgehead atoms. The second-order valence-corrected chi connectivity index (χ2v) is 6.42. The average Bonchev–Trinajstić information content (AvgIpc) is 2.67. The second-order valence-electron chi connectivity index (χ2n) is 6.42. The van der Waals surface area contributed by atoms with Crippen LogP contribution in [0, 0.1) is 0 Å². The number of carbonyl (C=O) groups excluding carboxylic acids is 1. The lowest BCUT2D eigenvalue weighted by Crippen LogP contribution is -2.45. The van der Waals surface area contributed by atoms with Gasteiger partial charge in [-0.3, -0.25) is 9.69 Å². The van der Waals surface area contributed by atoms with Crippen molar-refractivity contribution in [2.75, 3.05) is 38.3 Å². The summed E-state index contributed by atoms with van der Waals surface area (Å²) in [5, 5.41) is 0. The van der Waals surface area contributed by atoms with Gasteiger partial charge in [0, 0.05) is 18.7 Å². The lowest BCUT2D eigenvalue weighted by molar-refractivity contribution is -0.120. The zero-order chi connectivity index (χ0) is 17.2. The third-order valence-electron chi connectivity index (χ3n) is 4.92. The van der Waals surface area contributed by atoms with E-state index in [0.717, 1.165) is 36.7 Å². The maximum atomic E-state index is 12.9. The van der Waals surface area contributed by atoms with Crippen LogP contribution in [0.3, 0.4) is 0 Å². The molecule has 0 aliphatic carbocycles. The number of para-hydroxylation sites is 2. The summed E-state index contributed by atoms with van der Waals surface area (Å²) in [6, 6.07) is 13.9. The maximum absolute atomic E-state index is 12.9. The van der Waals surface area contributed by atoms with Gasteiger partial charge in [0.2, 0.25) is 5.91 Å². The van der Waals surface area contributed by atoms with Gasteiger partial charge in [0.1, 0.15) is 18.1 Å². The van der Waals surface area contributed by atoms with Gasteiger partial charge in [-0.2, -0.15) is 0 Å². The predicted octanol–water partition coefficient (Wildman–Crippen LogP) is 2.48. The molecule has 0 spiro atoms. The van der Waals surface area contributed by atoms with E-state index in [1.54, 1.807) is 7.11 Å². The van der Waals surface area contributed by atoms with Crippen molar-refractivity contribution in [3.8, 4) is 11.5 Å². The molecular weight excluding hydrogens is 316 g/mol. The molecule has 2 aliphatic rings. The van der Waals surface area contributed by atoms with E-state index in [-0.39, 0.29) is 5.91 Å². The number of benzene rings is 2. The van der Waals surface area contributed by atoms with E-state index in [4.69, 9.17) is 9.47 Å². The highest BCUT2D eigenvalue weighted by Crippen LogP contribution is 2.32. The molecule has 0 aromatic heterocycles. The molecule has 5 nitrogen and oxygen atoms in total. The minimum atomic E-state index is 0.120. The Balaban J connectivity index is 1.49. The highest BCUT2D eigenvalue weighted by atomic mass is 16.5. The van der Waals surface area contributed by atoms with Gasteiger partial charge >= 0.3 is 0 Å². The Bertz CT molecular complexity index is 776. The number of hydrogen-bond donors (Lipinski definition) is 0. The quantitative estimate of drug-likeness (QED) is 0.862. The van der Waals surface area contributed by atoms with Crippen molar-refractivity contribution in [1.29, 1.82) is 0 Å². The van der Waals surface area contributed by atoms with Crippen LogP contribution in [-0.2, 0) is 17.8 Å². The van der Waals surface area contributed by atoms with Crippen LogP contribution < -0.4 is 14.4 Å². The summed E-state index contributed by atoms with van der Waals surface area (Å²) in [6.07, 6.45) is 0.944. The minimum Gasteiger partial charge on any atom is -0.496 e. The Hall–Kier alpha value is -2.53. The third-order valence-corrected chi connectivity index (χ3v) is 4.92. The van der Waals surface area contributed by atoms with Crippen molar-refractivity contribution in [2.24, 2.45) is 0 Å². The molecule has 25 heavy (non-hydrogen) atoms. The van der Waals surface area contributed by atoms with Crippen molar-refractivity contribution in [1.82, 2.24) is 4.90 Å². The number of methoxy groups -OCH3 is 1. The number of ether oxygens (including phenoxy) is 2. The number of amides is 1. The maximum Gasteiger partial charge on any atom is 0.241 e. The fourth-order valence-corrected chi connectivity index (χ4v) is 3.64. The molecular formula is C20H22N2O3. The molecule has 0 saturated heterocycles. The molecule has 2 aliphatic heterocycles. The van der Waals surface area contributed by atoms with Crippen LogP contribution in [0.4, 0.5) is 5.69 Å². The normalized spacial score (nSPS) is 16.6. The van der Waals surface area contributed by atoms with Crippen molar-refractivity contribution in [3.63, 3.8) is 0 Å². The standard InChI is InChI=1S/C20H22N2O3/c1-24-18-8-4-5-15-9-10-21(13-16(15)18)14-20(23)22-11-12-25-19-7-3-2-6-17(19)22/h2-8H,9-14H2,1H3. The van der Waals surface area contributed by atoms with Crippen LogP contribution >= 0.6 is 0 Å². The Morgan fingerprint density at radius 1 is 1.16 bits per heavy atom. The van der Waals surface area contributed by atoms with Gasteiger partial charge in [0.15, 0.2) is 0 Å². The molecule has 2 aromatic carbocycles. The Kier molecular flexibility index (Phi) is 4.32. The van der Waals surface area contributed by atoms with Gasteiger partial charge in [0.05, 0.1) is 25.9 Å². The van der Waals surface area contributed by atoms with Gasteiger partial charge in [-0.05, 0) is 30.2 Å². The number of rotatable bonds is 3. The van der Waals surface area contributed by atoms with E-state index < -0.39 is 0 Å². The van der Waals surface area contributed by atoms with Crippen molar-refractivity contribution >= 4 is 11.6 Å². The number of fused-ring (bicyclic) bond motifs is 2. The monoisotopic (exact) mass is 338 g/mol. The van der Waals surface area contributed by atoms with E-state index >= 15 is 0 Å². The summed E-state index contributed by atoms with van der Waals surface area (Å²) in [5.74, 6) is 1.81. The molecule has 0 radical (unpaired) electrons. The Morgan fingerprint density at radius 3 is 2.92 bits per heavy atom. The molecule has 2 heterocycles. The number of nitrogens with zero attached hydrogens (tertiary/aromatic N) is 2. The van der Waals surface area contributed by atoms with Crippen LogP contribution in [0.15, 0.2) is 42.5 Å². The molecule has 0 atom stereocenters. The van der Waals surface area contributed by atoms with Gasteiger partial charge in [0.25, 0.3) is 0 Å². The number of hydrogen-bond acceptors (Lipinski definition) is 4. The molecule has 0 unspecified atom stereocenters. The average molecular weight is 338 g/mol. The van der Waals surface area contributed by atoms with Gasteiger partial charge in [-0.1, -0.05) is 24.3 Å². The first-order chi connectivity index (χ1) is 12.3. The van der Waals surface area contributed by atoms with Crippen molar-refractivity contribution in [2.45, 2.75) is 13.0 Å². The predicted molar refractivity (Wildman–Crippen MR) is 96.3 cm³/mol. The van der Waals surface area contributed by atoms with Crippen molar-refractivity contribution in [3.05, 3.63) is 53.6 Å². The van der Waals surface area contributed by atoms with Crippen molar-refractivity contribution < 1.29 is 14.3 Å². The summed E-state index contributed by atoms with van der Waals surface area (Å²) >= 11 is 0. The van der Waals surface area contributed by atoms with E-state index in [9.17, 15) is 4.79 Å². The summed E-state index contributed by atoms with van der Waals surface area (Å²) in [6.45, 7) is 3.18. The lowest BCUT2D eigenvalue weighted by Gasteiger charge is -2.33. The van der Waals surface area contributed by atoms with Gasteiger partial charge < -0.3 is 14.4 Å². The van der Waals surface area contributed by atoms with Gasteiger partial charge in [-0.15, -0.1) is 0 Å². The topological polar surface area (TPSA) is 42.0 Å². The summed E-state index contributed by atoms with van der Waals surface area (Å²) in [7, 11) is 1.70. The largest absolute Gasteiger partial charge is 0.496 e. The fourth-order valence-electron chi connectivity index (χ4n) is 3.64. The van der Waals surface area contributed by atoms with Gasteiger partial charge in [-0.25, -0.2) is 0 Å². The molecule has 0 fully saturated rings. The van der Waals surface area contributed by atoms with E-state index in [1.165, 1.54) is 11.1 Å². The molecule has 5 heteroatoms. The summed E-state index contributed by atoms with van der Waals surface area (Å²) in [4.78, 5) is 16.9. The summed E-state index contributed by atoms with van der Waals surface area (Å²) < 4.78 is 11.1. The fraction of sp³-hybridized carbons (Fsp3) is 0.350. The number of anilines is 1. The Labute approximate surface area is 147 Å². The number of carbonyl (C=O) groups is 1. The highest BCUT2D eigenvalue weighted by molar-refractivity contribution is 5.96. The van der Waals surface area contributed by atoms with Crippen LogP contribution in [0.5, 0.6) is 11.5 Å². The molecule has 2 aromatic rings.